The quantitative estimate of drug-likeness (QED) is 0.637. The molecule has 0 amide bonds. The fourth-order valence-electron chi connectivity index (χ4n) is 4.30. The fraction of sp³-hybridized carbons (Fsp3) is 0.440. The molecule has 2 heterocycles. The number of ether oxygens (including phenoxy) is 2. The summed E-state index contributed by atoms with van der Waals surface area (Å²) >= 11 is 0. The van der Waals surface area contributed by atoms with Gasteiger partial charge in [-0.25, -0.2) is 9.97 Å². The molecule has 1 N–H and O–H groups in total. The largest absolute Gasteiger partial charge is 0.497 e. The van der Waals surface area contributed by atoms with E-state index < -0.39 is 0 Å². The molecule has 1 saturated heterocycles. The first kappa shape index (κ1) is 21.4. The molecule has 6 heteroatoms. The summed E-state index contributed by atoms with van der Waals surface area (Å²) in [5, 5.41) is 4.86. The summed E-state index contributed by atoms with van der Waals surface area (Å²) in [6.45, 7) is 6.87. The fourth-order valence-corrected chi connectivity index (χ4v) is 4.30. The first-order valence-corrected chi connectivity index (χ1v) is 11.0. The molecule has 1 aliphatic rings. The van der Waals surface area contributed by atoms with Crippen LogP contribution in [-0.2, 0) is 6.54 Å². The Kier molecular flexibility index (Phi) is 6.56. The lowest BCUT2D eigenvalue weighted by molar-refractivity contribution is 0.392. The van der Waals surface area contributed by atoms with Crippen molar-refractivity contribution < 1.29 is 9.47 Å². The third kappa shape index (κ3) is 4.90. The molecule has 1 unspecified atom stereocenters. The highest BCUT2D eigenvalue weighted by Crippen LogP contribution is 2.25. The lowest BCUT2D eigenvalue weighted by Crippen LogP contribution is -2.31. The minimum atomic E-state index is 0.449. The van der Waals surface area contributed by atoms with Crippen molar-refractivity contribution in [2.75, 3.05) is 32.2 Å². The molecule has 2 aromatic carbocycles. The molecule has 1 aliphatic heterocycles. The van der Waals surface area contributed by atoms with Crippen LogP contribution in [0.3, 0.4) is 0 Å². The zero-order chi connectivity index (χ0) is 21.8. The maximum atomic E-state index is 5.52. The average molecular weight is 421 g/mol. The highest BCUT2D eigenvalue weighted by Gasteiger charge is 2.20. The zero-order valence-electron chi connectivity index (χ0n) is 18.9. The van der Waals surface area contributed by atoms with Gasteiger partial charge in [0, 0.05) is 36.6 Å². The van der Waals surface area contributed by atoms with Crippen molar-refractivity contribution in [3.05, 3.63) is 53.2 Å². The summed E-state index contributed by atoms with van der Waals surface area (Å²) in [4.78, 5) is 12.0. The Bertz CT molecular complexity index is 1050. The number of rotatable bonds is 6. The van der Waals surface area contributed by atoms with Crippen LogP contribution in [0.1, 0.15) is 36.1 Å². The van der Waals surface area contributed by atoms with Gasteiger partial charge in [-0.2, -0.15) is 0 Å². The van der Waals surface area contributed by atoms with Crippen LogP contribution in [0.2, 0.25) is 0 Å². The van der Waals surface area contributed by atoms with Crippen LogP contribution >= 0.6 is 0 Å². The van der Waals surface area contributed by atoms with Gasteiger partial charge in [-0.1, -0.05) is 12.1 Å². The monoisotopic (exact) mass is 420 g/mol. The number of benzene rings is 2. The number of anilines is 1. The molecule has 1 atom stereocenters. The number of methoxy groups -OCH3 is 2. The van der Waals surface area contributed by atoms with E-state index in [2.05, 4.69) is 42.3 Å². The molecule has 1 aromatic heterocycles. The maximum Gasteiger partial charge on any atom is 0.226 e. The molecule has 6 nitrogen and oxygen atoms in total. The van der Waals surface area contributed by atoms with E-state index in [1.165, 1.54) is 5.56 Å². The standard InChI is InChI=1S/C25H32N4O2/c1-17-7-9-22-18(2)27-25(28-23(22)14-17)29-12-5-6-20(11-13-29)26-16-19-15-21(30-3)8-10-24(19)31-4/h7-10,14-15,20,26H,5-6,11-13,16H2,1-4H3. The van der Waals surface area contributed by atoms with E-state index in [9.17, 15) is 0 Å². The van der Waals surface area contributed by atoms with Gasteiger partial charge in [-0.05, 0) is 62.9 Å². The van der Waals surface area contributed by atoms with Crippen LogP contribution in [-0.4, -0.2) is 43.3 Å². The summed E-state index contributed by atoms with van der Waals surface area (Å²) < 4.78 is 10.9. The topological polar surface area (TPSA) is 59.5 Å². The molecule has 0 radical (unpaired) electrons. The van der Waals surface area contributed by atoms with Gasteiger partial charge in [-0.3, -0.25) is 0 Å². The zero-order valence-corrected chi connectivity index (χ0v) is 18.9. The molecule has 4 rings (SSSR count). The second kappa shape index (κ2) is 9.52. The molecule has 0 spiro atoms. The van der Waals surface area contributed by atoms with Crippen molar-refractivity contribution >= 4 is 16.9 Å². The molecule has 3 aromatic rings. The van der Waals surface area contributed by atoms with Gasteiger partial charge in [0.05, 0.1) is 25.4 Å². The first-order valence-electron chi connectivity index (χ1n) is 11.0. The van der Waals surface area contributed by atoms with Crippen LogP contribution in [0.25, 0.3) is 10.9 Å². The molecular weight excluding hydrogens is 388 g/mol. The third-order valence-electron chi connectivity index (χ3n) is 6.11. The summed E-state index contributed by atoms with van der Waals surface area (Å²) in [6, 6.07) is 12.8. The second-order valence-corrected chi connectivity index (χ2v) is 8.30. The lowest BCUT2D eigenvalue weighted by Gasteiger charge is -2.22. The van der Waals surface area contributed by atoms with Crippen molar-refractivity contribution in [1.29, 1.82) is 0 Å². The van der Waals surface area contributed by atoms with Crippen molar-refractivity contribution in [3.63, 3.8) is 0 Å². The Morgan fingerprint density at radius 3 is 2.68 bits per heavy atom. The Morgan fingerprint density at radius 1 is 1.00 bits per heavy atom. The number of hydrogen-bond donors (Lipinski definition) is 1. The van der Waals surface area contributed by atoms with E-state index in [4.69, 9.17) is 19.4 Å². The van der Waals surface area contributed by atoms with Gasteiger partial charge in [0.25, 0.3) is 0 Å². The van der Waals surface area contributed by atoms with Gasteiger partial charge in [0.1, 0.15) is 11.5 Å². The van der Waals surface area contributed by atoms with Crippen LogP contribution in [0, 0.1) is 13.8 Å². The Hall–Kier alpha value is -2.86. The normalized spacial score (nSPS) is 16.9. The maximum absolute atomic E-state index is 5.52. The minimum absolute atomic E-state index is 0.449. The third-order valence-corrected chi connectivity index (χ3v) is 6.11. The number of nitrogens with one attached hydrogen (secondary N) is 1. The summed E-state index contributed by atoms with van der Waals surface area (Å²) in [7, 11) is 3.40. The van der Waals surface area contributed by atoms with Crippen molar-refractivity contribution in [3.8, 4) is 11.5 Å². The predicted molar refractivity (Wildman–Crippen MR) is 125 cm³/mol. The van der Waals surface area contributed by atoms with Gasteiger partial charge >= 0.3 is 0 Å². The summed E-state index contributed by atoms with van der Waals surface area (Å²) in [5.41, 5.74) is 4.42. The van der Waals surface area contributed by atoms with E-state index in [1.54, 1.807) is 14.2 Å². The van der Waals surface area contributed by atoms with Crippen LogP contribution in [0.4, 0.5) is 5.95 Å². The van der Waals surface area contributed by atoms with Gasteiger partial charge in [0.15, 0.2) is 0 Å². The van der Waals surface area contributed by atoms with E-state index in [0.29, 0.717) is 6.04 Å². The van der Waals surface area contributed by atoms with Crippen molar-refractivity contribution in [2.45, 2.75) is 45.7 Å². The second-order valence-electron chi connectivity index (χ2n) is 8.30. The molecule has 31 heavy (non-hydrogen) atoms. The summed E-state index contributed by atoms with van der Waals surface area (Å²) in [6.07, 6.45) is 3.30. The predicted octanol–water partition coefficient (Wildman–Crippen LogP) is 4.41. The number of aryl methyl sites for hydroxylation is 2. The molecule has 0 saturated carbocycles. The SMILES string of the molecule is COc1ccc(OC)c(CNC2CCCN(c3nc(C)c4ccc(C)cc4n3)CC2)c1. The molecule has 1 fully saturated rings. The van der Waals surface area contributed by atoms with E-state index in [1.807, 2.05) is 18.2 Å². The van der Waals surface area contributed by atoms with Gasteiger partial charge in [0.2, 0.25) is 5.95 Å². The van der Waals surface area contributed by atoms with Crippen LogP contribution < -0.4 is 19.7 Å². The minimum Gasteiger partial charge on any atom is -0.497 e. The van der Waals surface area contributed by atoms with Crippen LogP contribution in [0.15, 0.2) is 36.4 Å². The number of nitrogens with zero attached hydrogens (tertiary/aromatic N) is 3. The lowest BCUT2D eigenvalue weighted by atomic mass is 10.1. The van der Waals surface area contributed by atoms with Gasteiger partial charge < -0.3 is 19.7 Å². The van der Waals surface area contributed by atoms with E-state index in [0.717, 1.165) is 78.5 Å². The Balaban J connectivity index is 1.43. The van der Waals surface area contributed by atoms with Crippen molar-refractivity contribution in [2.24, 2.45) is 0 Å². The molecule has 0 aliphatic carbocycles. The van der Waals surface area contributed by atoms with E-state index in [-0.39, 0.29) is 0 Å². The molecule has 0 bridgehead atoms. The first-order chi connectivity index (χ1) is 15.1. The Morgan fingerprint density at radius 2 is 1.87 bits per heavy atom. The number of hydrogen-bond acceptors (Lipinski definition) is 6. The van der Waals surface area contributed by atoms with Crippen LogP contribution in [0.5, 0.6) is 11.5 Å². The molecular formula is C25H32N4O2. The van der Waals surface area contributed by atoms with Gasteiger partial charge in [-0.15, -0.1) is 0 Å². The van der Waals surface area contributed by atoms with E-state index >= 15 is 0 Å². The molecule has 164 valence electrons. The Labute approximate surface area is 184 Å². The van der Waals surface area contributed by atoms with Crippen molar-refractivity contribution in [1.82, 2.24) is 15.3 Å². The number of aromatic nitrogens is 2. The average Bonchev–Trinajstić information content (AvgIpc) is 3.02. The highest BCUT2D eigenvalue weighted by atomic mass is 16.5. The highest BCUT2D eigenvalue weighted by molar-refractivity contribution is 5.82. The smallest absolute Gasteiger partial charge is 0.226 e. The summed E-state index contributed by atoms with van der Waals surface area (Å²) in [5.74, 6) is 2.59. The number of fused-ring (bicyclic) bond motifs is 1.